The van der Waals surface area contributed by atoms with Crippen LogP contribution in [-0.2, 0) is 14.3 Å². The Morgan fingerprint density at radius 2 is 1.94 bits per heavy atom. The molecule has 1 fully saturated rings. The highest BCUT2D eigenvalue weighted by Crippen LogP contribution is 2.29. The van der Waals surface area contributed by atoms with E-state index in [2.05, 4.69) is 37.0 Å². The van der Waals surface area contributed by atoms with Gasteiger partial charge in [0.1, 0.15) is 24.1 Å². The number of pyridine rings is 1. The molecule has 1 amide bonds. The molecule has 1 aliphatic rings. The van der Waals surface area contributed by atoms with E-state index in [1.54, 1.807) is 42.3 Å². The quantitative estimate of drug-likeness (QED) is 0.137. The molecule has 3 rings (SSSR count). The van der Waals surface area contributed by atoms with Gasteiger partial charge in [0.25, 0.3) is 6.47 Å². The van der Waals surface area contributed by atoms with Crippen LogP contribution < -0.4 is 10.6 Å². The lowest BCUT2D eigenvalue weighted by molar-refractivity contribution is -0.190. The molecule has 1 unspecified atom stereocenters. The van der Waals surface area contributed by atoms with Crippen LogP contribution in [0.15, 0.2) is 28.7 Å². The average Bonchev–Trinajstić information content (AvgIpc) is 3.34. The molecule has 0 radical (unpaired) electrons. The van der Waals surface area contributed by atoms with Crippen molar-refractivity contribution in [3.63, 3.8) is 0 Å². The molecule has 1 aliphatic heterocycles. The second-order valence-electron chi connectivity index (χ2n) is 10.9. The first-order valence-electron chi connectivity index (χ1n) is 14.4. The van der Waals surface area contributed by atoms with E-state index in [0.29, 0.717) is 24.5 Å². The minimum absolute atomic E-state index is 0.151. The summed E-state index contributed by atoms with van der Waals surface area (Å²) in [4.78, 5) is 47.7. The van der Waals surface area contributed by atoms with Gasteiger partial charge in [0.05, 0.1) is 27.2 Å². The zero-order valence-electron chi connectivity index (χ0n) is 27.7. The first-order valence-corrected chi connectivity index (χ1v) is 16.3. The van der Waals surface area contributed by atoms with Crippen molar-refractivity contribution in [1.82, 2.24) is 25.1 Å². The van der Waals surface area contributed by atoms with Crippen LogP contribution in [0.1, 0.15) is 46.7 Å². The third-order valence-electron chi connectivity index (χ3n) is 6.02. The van der Waals surface area contributed by atoms with Crippen molar-refractivity contribution in [2.45, 2.75) is 52.4 Å². The molecule has 0 saturated carbocycles. The highest BCUT2D eigenvalue weighted by molar-refractivity contribution is 8.02. The molecule has 17 heteroatoms. The summed E-state index contributed by atoms with van der Waals surface area (Å²) >= 11 is 3.18. The number of piperazine rings is 1. The normalized spacial score (nSPS) is 15.3. The van der Waals surface area contributed by atoms with Gasteiger partial charge in [-0.3, -0.25) is 19.5 Å². The lowest BCUT2D eigenvalue weighted by Gasteiger charge is -2.39. The van der Waals surface area contributed by atoms with Gasteiger partial charge in [0.15, 0.2) is 6.29 Å². The number of aromatic nitrogens is 2. The molecular weight excluding hydrogens is 660 g/mol. The lowest BCUT2D eigenvalue weighted by atomic mass is 10.2. The number of aliphatic imine (C=N–C) groups is 1. The molecule has 47 heavy (non-hydrogen) atoms. The maximum Gasteiger partial charge on any atom is 0.409 e. The van der Waals surface area contributed by atoms with E-state index < -0.39 is 18.3 Å². The van der Waals surface area contributed by atoms with Crippen molar-refractivity contribution in [3.8, 4) is 0 Å². The maximum atomic E-state index is 12.7. The van der Waals surface area contributed by atoms with Gasteiger partial charge >= 0.3 is 12.3 Å². The summed E-state index contributed by atoms with van der Waals surface area (Å²) in [5, 5.41) is 8.92. The number of hydrogen-bond acceptors (Lipinski definition) is 13. The van der Waals surface area contributed by atoms with Gasteiger partial charge in [-0.05, 0) is 73.0 Å². The molecule has 0 spiro atoms. The number of likely N-dealkylation sites (N-methyl/N-ethyl adjacent to an activating group) is 2. The Labute approximate surface area is 282 Å². The largest absolute Gasteiger partial charge is 0.462 e. The molecule has 12 nitrogen and oxygen atoms in total. The van der Waals surface area contributed by atoms with Gasteiger partial charge in [-0.15, -0.1) is 23.1 Å². The fraction of sp³-hybridized carbons (Fsp3) is 0.533. The number of carbonyl (C=O) groups is 3. The SMILES string of the molecule is C=N/C(=C\SCNc1ccc(C=O)cn1)c1sc(C)nc1C.CC(C)(C)OC=O.CNCCOC(=O)N1CCN(C)C(C(F)(F)F)C1. The molecule has 3 heterocycles. The lowest BCUT2D eigenvalue weighted by Crippen LogP contribution is -2.58. The van der Waals surface area contributed by atoms with E-state index in [9.17, 15) is 27.6 Å². The van der Waals surface area contributed by atoms with Crippen LogP contribution in [0.3, 0.4) is 0 Å². The number of rotatable bonds is 11. The second-order valence-corrected chi connectivity index (χ2v) is 13.0. The predicted molar refractivity (Wildman–Crippen MR) is 181 cm³/mol. The number of nitrogens with one attached hydrogen (secondary N) is 2. The second kappa shape index (κ2) is 20.6. The molecule has 2 aromatic heterocycles. The number of thioether (sulfide) groups is 1. The number of ether oxygens (including phenoxy) is 2. The van der Waals surface area contributed by atoms with Gasteiger partial charge in [0.2, 0.25) is 0 Å². The predicted octanol–water partition coefficient (Wildman–Crippen LogP) is 5.25. The highest BCUT2D eigenvalue weighted by Gasteiger charge is 2.46. The van der Waals surface area contributed by atoms with Crippen LogP contribution in [0.5, 0.6) is 0 Å². The smallest absolute Gasteiger partial charge is 0.409 e. The van der Waals surface area contributed by atoms with Crippen molar-refractivity contribution in [2.75, 3.05) is 58.1 Å². The van der Waals surface area contributed by atoms with E-state index in [0.717, 1.165) is 38.3 Å². The van der Waals surface area contributed by atoms with E-state index in [-0.39, 0.29) is 31.8 Å². The number of amides is 1. The third kappa shape index (κ3) is 16.2. The Balaban J connectivity index is 0.000000397. The summed E-state index contributed by atoms with van der Waals surface area (Å²) in [6.45, 7) is 14.2. The summed E-state index contributed by atoms with van der Waals surface area (Å²) in [7, 11) is 3.10. The summed E-state index contributed by atoms with van der Waals surface area (Å²) in [5.74, 6) is 1.37. The topological polar surface area (TPSA) is 138 Å². The van der Waals surface area contributed by atoms with Crippen molar-refractivity contribution in [1.29, 1.82) is 0 Å². The Morgan fingerprint density at radius 3 is 2.40 bits per heavy atom. The van der Waals surface area contributed by atoms with Crippen LogP contribution in [0, 0.1) is 13.8 Å². The Kier molecular flexibility index (Phi) is 18.2. The molecule has 2 N–H and O–H groups in total. The van der Waals surface area contributed by atoms with Crippen LogP contribution in [0.2, 0.25) is 0 Å². The molecule has 262 valence electrons. The van der Waals surface area contributed by atoms with Crippen molar-refractivity contribution >= 4 is 60.2 Å². The monoisotopic (exact) mass is 703 g/mol. The van der Waals surface area contributed by atoms with Gasteiger partial charge in [-0.1, -0.05) is 0 Å². The van der Waals surface area contributed by atoms with Crippen molar-refractivity contribution < 1.29 is 37.0 Å². The number of halogens is 3. The summed E-state index contributed by atoms with van der Waals surface area (Å²) < 4.78 is 47.5. The molecule has 0 bridgehead atoms. The molecule has 0 aromatic carbocycles. The molecule has 0 aliphatic carbocycles. The minimum atomic E-state index is -4.33. The van der Waals surface area contributed by atoms with Crippen LogP contribution >= 0.6 is 23.1 Å². The van der Waals surface area contributed by atoms with E-state index in [4.69, 9.17) is 4.74 Å². The fourth-order valence-electron chi connectivity index (χ4n) is 3.62. The number of alkyl halides is 3. The van der Waals surface area contributed by atoms with E-state index >= 15 is 0 Å². The molecule has 1 atom stereocenters. The first kappa shape index (κ1) is 41.5. The van der Waals surface area contributed by atoms with Crippen LogP contribution in [0.4, 0.5) is 23.8 Å². The van der Waals surface area contributed by atoms with Gasteiger partial charge < -0.3 is 25.0 Å². The standard InChI is InChI=1S/C15H16N4OS2.C10H18F3N3O2.C5H10O2/c1-10-15(22-11(2)19-10)13(16-3)8-21-9-18-14-5-4-12(7-20)6-17-14;1-14-3-6-18-9(17)16-5-4-15(2)8(7-16)10(11,12)13;1-5(2,3)7-4-6/h4-8H,3,9H2,1-2H3,(H,17,18);8,14H,3-7H2,1-2H3;4H,1-3H3/b13-8-;;. The Morgan fingerprint density at radius 1 is 1.23 bits per heavy atom. The molecule has 2 aromatic rings. The zero-order valence-corrected chi connectivity index (χ0v) is 29.4. The van der Waals surface area contributed by atoms with Crippen molar-refractivity contribution in [2.24, 2.45) is 4.99 Å². The van der Waals surface area contributed by atoms with Gasteiger partial charge in [0, 0.05) is 37.9 Å². The van der Waals surface area contributed by atoms with Crippen molar-refractivity contribution in [3.05, 3.63) is 44.9 Å². The number of thiazole rings is 1. The summed E-state index contributed by atoms with van der Waals surface area (Å²) in [6.07, 6.45) is -2.71. The summed E-state index contributed by atoms with van der Waals surface area (Å²) in [6, 6.07) is 1.88. The number of aldehydes is 1. The molecular formula is C30H44F3N7O5S2. The number of hydrogen-bond donors (Lipinski definition) is 2. The Bertz CT molecular complexity index is 1300. The van der Waals surface area contributed by atoms with Gasteiger partial charge in [-0.2, -0.15) is 13.2 Å². The van der Waals surface area contributed by atoms with Crippen LogP contribution in [0.25, 0.3) is 5.70 Å². The number of nitrogens with zero attached hydrogens (tertiary/aromatic N) is 5. The zero-order chi connectivity index (χ0) is 35.6. The van der Waals surface area contributed by atoms with E-state index in [1.165, 1.54) is 18.1 Å². The number of anilines is 1. The Hall–Kier alpha value is -3.54. The highest BCUT2D eigenvalue weighted by atomic mass is 32.2. The average molecular weight is 704 g/mol. The third-order valence-corrected chi connectivity index (χ3v) is 7.82. The first-order chi connectivity index (χ1) is 22.1. The van der Waals surface area contributed by atoms with E-state index in [1.807, 2.05) is 40.0 Å². The summed E-state index contributed by atoms with van der Waals surface area (Å²) in [5.41, 5.74) is 2.05. The number of carbonyl (C=O) groups excluding carboxylic acids is 3. The minimum Gasteiger partial charge on any atom is -0.462 e. The van der Waals surface area contributed by atoms with Gasteiger partial charge in [-0.25, -0.2) is 14.8 Å². The number of aryl methyl sites for hydroxylation is 2. The fourth-order valence-corrected chi connectivity index (χ4v) is 5.26. The maximum absolute atomic E-state index is 12.7. The molecule has 1 saturated heterocycles. The van der Waals surface area contributed by atoms with Crippen LogP contribution in [-0.4, -0.2) is 116 Å².